The van der Waals surface area contributed by atoms with Crippen LogP contribution in [0.1, 0.15) is 19.5 Å². The molecule has 2 aliphatic heterocycles. The number of hydrogen-bond acceptors (Lipinski definition) is 10. The first kappa shape index (κ1) is 20.9. The van der Waals surface area contributed by atoms with Crippen LogP contribution in [0, 0.1) is 0 Å². The zero-order valence-electron chi connectivity index (χ0n) is 15.2. The number of carbonyl (C=O) groups excluding carboxylic acids is 2. The number of carboxylic acid groups (broad SMARTS) is 2. The molecule has 1 aromatic rings. The second-order valence-corrected chi connectivity index (χ2v) is 9.39. The molecule has 3 atom stereocenters. The first-order chi connectivity index (χ1) is 13.5. The third-order valence-electron chi connectivity index (χ3n) is 4.29. The van der Waals surface area contributed by atoms with E-state index in [9.17, 15) is 24.3 Å². The molecular formula is C15H17N5O7S2. The van der Waals surface area contributed by atoms with Crippen molar-refractivity contribution in [2.75, 3.05) is 12.3 Å². The molecular weight excluding hydrogens is 426 g/mol. The van der Waals surface area contributed by atoms with Crippen molar-refractivity contribution in [2.24, 2.45) is 5.16 Å². The number of rotatable bonds is 7. The molecule has 0 radical (unpaired) electrons. The predicted molar refractivity (Wildman–Crippen MR) is 102 cm³/mol. The second-order valence-electron chi connectivity index (χ2n) is 6.73. The second kappa shape index (κ2) is 7.51. The Morgan fingerprint density at radius 1 is 1.41 bits per heavy atom. The van der Waals surface area contributed by atoms with Crippen molar-refractivity contribution in [2.45, 2.75) is 36.1 Å². The Bertz CT molecular complexity index is 915. The summed E-state index contributed by atoms with van der Waals surface area (Å²) in [7, 11) is 0. The molecule has 29 heavy (non-hydrogen) atoms. The lowest BCUT2D eigenvalue weighted by Crippen LogP contribution is -2.71. The Labute approximate surface area is 172 Å². The van der Waals surface area contributed by atoms with Gasteiger partial charge in [-0.15, -0.1) is 23.1 Å². The average molecular weight is 443 g/mol. The van der Waals surface area contributed by atoms with Gasteiger partial charge in [-0.25, -0.2) is 14.6 Å². The number of nitrogen functional groups attached to an aromatic ring is 1. The fourth-order valence-electron chi connectivity index (χ4n) is 3.11. The number of nitrogens with zero attached hydrogens (tertiary/aromatic N) is 3. The van der Waals surface area contributed by atoms with Crippen molar-refractivity contribution in [1.82, 2.24) is 15.2 Å². The van der Waals surface area contributed by atoms with E-state index in [-0.39, 0.29) is 16.5 Å². The van der Waals surface area contributed by atoms with Crippen LogP contribution >= 0.6 is 23.1 Å². The van der Waals surface area contributed by atoms with E-state index < -0.39 is 52.6 Å². The van der Waals surface area contributed by atoms with Crippen molar-refractivity contribution in [3.05, 3.63) is 11.1 Å². The third kappa shape index (κ3) is 3.85. The van der Waals surface area contributed by atoms with Gasteiger partial charge in [0.05, 0.1) is 0 Å². The highest BCUT2D eigenvalue weighted by Gasteiger charge is 2.64. The van der Waals surface area contributed by atoms with Gasteiger partial charge in [0.15, 0.2) is 10.8 Å². The molecule has 0 saturated carbocycles. The molecule has 3 rings (SSSR count). The van der Waals surface area contributed by atoms with E-state index in [1.165, 1.54) is 22.0 Å². The third-order valence-corrected chi connectivity index (χ3v) is 6.53. The van der Waals surface area contributed by atoms with Crippen molar-refractivity contribution in [3.8, 4) is 0 Å². The van der Waals surface area contributed by atoms with Crippen LogP contribution in [0.15, 0.2) is 10.5 Å². The largest absolute Gasteiger partial charge is 0.480 e. The molecule has 2 amide bonds. The lowest BCUT2D eigenvalue weighted by molar-refractivity contribution is -0.160. The number of thioether (sulfide) groups is 1. The number of thiazole rings is 1. The van der Waals surface area contributed by atoms with E-state index >= 15 is 0 Å². The van der Waals surface area contributed by atoms with Gasteiger partial charge in [-0.3, -0.25) is 9.59 Å². The minimum Gasteiger partial charge on any atom is -0.480 e. The summed E-state index contributed by atoms with van der Waals surface area (Å²) in [6.45, 7) is 2.65. The molecule has 14 heteroatoms. The summed E-state index contributed by atoms with van der Waals surface area (Å²) in [4.78, 5) is 57.2. The molecule has 5 N–H and O–H groups in total. The zero-order chi connectivity index (χ0) is 21.5. The summed E-state index contributed by atoms with van der Waals surface area (Å²) in [6, 6.07) is -1.97. The fourth-order valence-corrected chi connectivity index (χ4v) is 5.28. The van der Waals surface area contributed by atoms with Crippen LogP contribution in [0.3, 0.4) is 0 Å². The van der Waals surface area contributed by atoms with Gasteiger partial charge in [0.2, 0.25) is 12.5 Å². The lowest BCUT2D eigenvalue weighted by Gasteiger charge is -2.43. The number of fused-ring (bicyclic) bond motifs is 1. The Hall–Kier alpha value is -2.87. The summed E-state index contributed by atoms with van der Waals surface area (Å²) in [5, 5.41) is 25.2. The molecule has 3 heterocycles. The Balaban J connectivity index is 1.78. The Morgan fingerprint density at radius 3 is 2.66 bits per heavy atom. The fraction of sp³-hybridized carbons (Fsp3) is 0.467. The number of aliphatic carboxylic acids is 2. The van der Waals surface area contributed by atoms with Gasteiger partial charge in [-0.1, -0.05) is 5.16 Å². The highest BCUT2D eigenvalue weighted by molar-refractivity contribution is 8.01. The van der Waals surface area contributed by atoms with Crippen LogP contribution in [0.25, 0.3) is 0 Å². The van der Waals surface area contributed by atoms with E-state index in [1.54, 1.807) is 13.8 Å². The normalized spacial score (nSPS) is 25.2. The van der Waals surface area contributed by atoms with Gasteiger partial charge in [0, 0.05) is 10.1 Å². The number of aromatic nitrogens is 1. The van der Waals surface area contributed by atoms with E-state index in [4.69, 9.17) is 10.8 Å². The van der Waals surface area contributed by atoms with Crippen molar-refractivity contribution in [3.63, 3.8) is 0 Å². The number of nitrogens with two attached hydrogens (primary N) is 1. The van der Waals surface area contributed by atoms with E-state index in [0.29, 0.717) is 0 Å². The number of carbonyl (C=O) groups is 4. The first-order valence-corrected chi connectivity index (χ1v) is 9.95. The van der Waals surface area contributed by atoms with Crippen LogP contribution in [-0.2, 0) is 24.0 Å². The number of β-lactam (4-membered cyclic amide) rings is 1. The molecule has 0 bridgehead atoms. The van der Waals surface area contributed by atoms with Crippen LogP contribution in [0.2, 0.25) is 0 Å². The van der Waals surface area contributed by atoms with Crippen molar-refractivity contribution < 1.29 is 34.2 Å². The summed E-state index contributed by atoms with van der Waals surface area (Å²) >= 11 is 2.31. The van der Waals surface area contributed by atoms with E-state index in [1.807, 2.05) is 0 Å². The maximum Gasteiger partial charge on any atom is 0.344 e. The lowest BCUT2D eigenvalue weighted by atomic mass is 9.96. The van der Waals surface area contributed by atoms with E-state index in [0.717, 1.165) is 11.3 Å². The van der Waals surface area contributed by atoms with Crippen LogP contribution < -0.4 is 11.1 Å². The number of anilines is 1. The Morgan fingerprint density at radius 2 is 2.10 bits per heavy atom. The van der Waals surface area contributed by atoms with Crippen molar-refractivity contribution >= 4 is 57.7 Å². The minimum absolute atomic E-state index is 0.0573. The summed E-state index contributed by atoms with van der Waals surface area (Å²) in [5.74, 6) is -3.76. The zero-order valence-corrected chi connectivity index (χ0v) is 16.8. The number of oxime groups is 1. The van der Waals surface area contributed by atoms with E-state index in [2.05, 4.69) is 20.3 Å². The summed E-state index contributed by atoms with van der Waals surface area (Å²) < 4.78 is -0.740. The quantitative estimate of drug-likeness (QED) is 0.235. The molecule has 0 aromatic carbocycles. The molecule has 12 nitrogen and oxygen atoms in total. The standard InChI is InChI=1S/C15H17N5O7S2/c1-15(2)9(13(25)26)20-11(24)8(12(20)29-15)18-10(23)7(19-27-3-6(21)22)5-4-28-14(16)17-5/h4,8-9,12H,3H2,1-2H3,(H2,16,17)(H,18,23)(H,21,22)(H,25,26)/b19-7-/t8-,9-,12+/m0/s1. The monoisotopic (exact) mass is 443 g/mol. The summed E-state index contributed by atoms with van der Waals surface area (Å²) in [6.07, 6.45) is 0. The van der Waals surface area contributed by atoms with Gasteiger partial charge in [-0.05, 0) is 13.8 Å². The van der Waals surface area contributed by atoms with Crippen molar-refractivity contribution in [1.29, 1.82) is 0 Å². The van der Waals surface area contributed by atoms with Gasteiger partial charge in [0.1, 0.15) is 23.2 Å². The van der Waals surface area contributed by atoms with Gasteiger partial charge in [-0.2, -0.15) is 0 Å². The van der Waals surface area contributed by atoms with Crippen LogP contribution in [0.5, 0.6) is 0 Å². The maximum atomic E-state index is 12.7. The highest BCUT2D eigenvalue weighted by Crippen LogP contribution is 2.50. The first-order valence-electron chi connectivity index (χ1n) is 8.19. The molecule has 0 aliphatic carbocycles. The molecule has 0 unspecified atom stereocenters. The highest BCUT2D eigenvalue weighted by atomic mass is 32.2. The Kier molecular flexibility index (Phi) is 5.40. The maximum absolute atomic E-state index is 12.7. The molecule has 0 spiro atoms. The number of nitrogens with one attached hydrogen (secondary N) is 1. The number of amides is 2. The summed E-state index contributed by atoms with van der Waals surface area (Å²) in [5.41, 5.74) is 5.28. The van der Waals surface area contributed by atoms with Gasteiger partial charge in [0.25, 0.3) is 5.91 Å². The SMILES string of the molecule is CC1(C)S[C@@H]2[C@@H](NC(=O)/C(=N\OCC(=O)O)c3csc(N)n3)C(=O)N2[C@H]1C(=O)O. The number of hydrogen-bond donors (Lipinski definition) is 4. The van der Waals surface area contributed by atoms with Gasteiger partial charge < -0.3 is 31.0 Å². The van der Waals surface area contributed by atoms with Gasteiger partial charge >= 0.3 is 11.9 Å². The van der Waals surface area contributed by atoms with Crippen LogP contribution in [-0.4, -0.2) is 78.4 Å². The molecule has 156 valence electrons. The average Bonchev–Trinajstić information content (AvgIpc) is 3.15. The predicted octanol–water partition coefficient (Wildman–Crippen LogP) is -0.838. The van der Waals surface area contributed by atoms with Crippen LogP contribution in [0.4, 0.5) is 5.13 Å². The molecule has 2 aliphatic rings. The molecule has 1 aromatic heterocycles. The molecule has 2 fully saturated rings. The topological polar surface area (TPSA) is 185 Å². The number of carboxylic acids is 2. The molecule has 2 saturated heterocycles. The smallest absolute Gasteiger partial charge is 0.344 e. The minimum atomic E-state index is -1.29.